The number of halogens is 1. The van der Waals surface area contributed by atoms with Crippen LogP contribution < -0.4 is 5.73 Å². The van der Waals surface area contributed by atoms with Gasteiger partial charge in [0.2, 0.25) is 5.88 Å². The molecule has 2 aromatic rings. The Morgan fingerprint density at radius 2 is 2.20 bits per heavy atom. The van der Waals surface area contributed by atoms with E-state index in [1.807, 2.05) is 12.1 Å². The summed E-state index contributed by atoms with van der Waals surface area (Å²) in [6.07, 6.45) is 2.19. The number of fused-ring (bicyclic) bond motifs is 1. The number of aryl methyl sites for hydroxylation is 1. The lowest BCUT2D eigenvalue weighted by Crippen LogP contribution is -1.95. The average Bonchev–Trinajstić information content (AvgIpc) is 2.54. The van der Waals surface area contributed by atoms with Gasteiger partial charge in [0.25, 0.3) is 0 Å². The highest BCUT2D eigenvalue weighted by Crippen LogP contribution is 2.31. The highest BCUT2D eigenvalue weighted by Gasteiger charge is 2.09. The predicted molar refractivity (Wildman–Crippen MR) is 58.6 cm³/mol. The molecule has 0 atom stereocenters. The molecule has 2 rings (SSSR count). The lowest BCUT2D eigenvalue weighted by Gasteiger charge is -2.02. The highest BCUT2D eigenvalue weighted by atomic mass is 19.1. The smallest absolute Gasteiger partial charge is 0.201 e. The number of aromatic hydroxyl groups is 1. The number of nitrogen functional groups attached to an aromatic ring is 1. The lowest BCUT2D eigenvalue weighted by atomic mass is 10.2. The van der Waals surface area contributed by atoms with Crippen molar-refractivity contribution in [3.8, 4) is 5.88 Å². The zero-order valence-corrected chi connectivity index (χ0v) is 8.28. The first kappa shape index (κ1) is 9.83. The van der Waals surface area contributed by atoms with Crippen LogP contribution in [0.25, 0.3) is 10.8 Å². The van der Waals surface area contributed by atoms with Gasteiger partial charge in [0, 0.05) is 23.8 Å². The molecule has 0 saturated carbocycles. The van der Waals surface area contributed by atoms with E-state index in [0.717, 1.165) is 5.39 Å². The second-order valence-electron chi connectivity index (χ2n) is 3.50. The van der Waals surface area contributed by atoms with E-state index in [1.54, 1.807) is 16.8 Å². The largest absolute Gasteiger partial charge is 0.494 e. The number of hydrogen-bond acceptors (Lipinski definition) is 2. The van der Waals surface area contributed by atoms with Crippen molar-refractivity contribution in [1.29, 1.82) is 0 Å². The van der Waals surface area contributed by atoms with Crippen molar-refractivity contribution < 1.29 is 9.50 Å². The quantitative estimate of drug-likeness (QED) is 0.760. The number of rotatable bonds is 3. The molecule has 4 heteroatoms. The number of aromatic nitrogens is 1. The molecule has 0 aliphatic heterocycles. The van der Waals surface area contributed by atoms with Gasteiger partial charge in [-0.05, 0) is 12.5 Å². The van der Waals surface area contributed by atoms with Crippen molar-refractivity contribution in [2.45, 2.75) is 13.0 Å². The molecular weight excluding hydrogens is 195 g/mol. The Balaban J connectivity index is 2.50. The molecule has 0 unspecified atom stereocenters. The van der Waals surface area contributed by atoms with Gasteiger partial charge in [-0.1, -0.05) is 12.1 Å². The molecule has 0 bridgehead atoms. The fourth-order valence-electron chi connectivity index (χ4n) is 1.73. The molecule has 0 aliphatic carbocycles. The fourth-order valence-corrected chi connectivity index (χ4v) is 1.73. The molecule has 1 aromatic carbocycles. The minimum Gasteiger partial charge on any atom is -0.494 e. The van der Waals surface area contributed by atoms with E-state index in [2.05, 4.69) is 0 Å². The predicted octanol–water partition coefficient (Wildman–Crippen LogP) is 2.29. The summed E-state index contributed by atoms with van der Waals surface area (Å²) in [5, 5.41) is 11.4. The van der Waals surface area contributed by atoms with Crippen molar-refractivity contribution in [1.82, 2.24) is 4.57 Å². The molecule has 0 spiro atoms. The first-order valence-corrected chi connectivity index (χ1v) is 4.86. The molecule has 0 saturated heterocycles. The van der Waals surface area contributed by atoms with E-state index >= 15 is 0 Å². The van der Waals surface area contributed by atoms with Gasteiger partial charge in [0.1, 0.15) is 0 Å². The Bertz CT molecular complexity index is 479. The molecular formula is C11H13FN2O. The summed E-state index contributed by atoms with van der Waals surface area (Å²) >= 11 is 0. The first-order chi connectivity index (χ1) is 7.24. The van der Waals surface area contributed by atoms with Gasteiger partial charge in [-0.25, -0.2) is 0 Å². The summed E-state index contributed by atoms with van der Waals surface area (Å²) in [5.74, 6) is 0.122. The van der Waals surface area contributed by atoms with Crippen molar-refractivity contribution in [2.75, 3.05) is 12.4 Å². The summed E-state index contributed by atoms with van der Waals surface area (Å²) in [4.78, 5) is 0. The average molecular weight is 208 g/mol. The number of hydrogen-bond donors (Lipinski definition) is 2. The maximum absolute atomic E-state index is 12.0. The number of anilines is 1. The molecule has 80 valence electrons. The van der Waals surface area contributed by atoms with Crippen molar-refractivity contribution in [2.24, 2.45) is 0 Å². The molecule has 0 radical (unpaired) electrons. The second-order valence-corrected chi connectivity index (χ2v) is 3.50. The normalized spacial score (nSPS) is 11.0. The highest BCUT2D eigenvalue weighted by molar-refractivity contribution is 5.97. The number of nitrogens with zero attached hydrogens (tertiary/aromatic N) is 1. The summed E-state index contributed by atoms with van der Waals surface area (Å²) in [6.45, 7) is 0.0832. The van der Waals surface area contributed by atoms with E-state index in [1.165, 1.54) is 0 Å². The van der Waals surface area contributed by atoms with Crippen LogP contribution in [0.2, 0.25) is 0 Å². The van der Waals surface area contributed by atoms with Crippen LogP contribution in [0, 0.1) is 0 Å². The minimum absolute atomic E-state index is 0.122. The van der Waals surface area contributed by atoms with Gasteiger partial charge in [-0.2, -0.15) is 0 Å². The van der Waals surface area contributed by atoms with Crippen molar-refractivity contribution in [3.63, 3.8) is 0 Å². The number of benzene rings is 1. The number of nitrogens with two attached hydrogens (primary N) is 1. The van der Waals surface area contributed by atoms with Crippen LogP contribution in [0.15, 0.2) is 24.4 Å². The monoisotopic (exact) mass is 208 g/mol. The van der Waals surface area contributed by atoms with E-state index in [9.17, 15) is 9.50 Å². The minimum atomic E-state index is -0.385. The van der Waals surface area contributed by atoms with Crippen LogP contribution in [0.5, 0.6) is 5.88 Å². The summed E-state index contributed by atoms with van der Waals surface area (Å²) in [6, 6.07) is 5.44. The lowest BCUT2D eigenvalue weighted by molar-refractivity contribution is 0.397. The first-order valence-electron chi connectivity index (χ1n) is 4.86. The Kier molecular flexibility index (Phi) is 2.49. The third-order valence-electron chi connectivity index (χ3n) is 2.45. The van der Waals surface area contributed by atoms with Gasteiger partial charge >= 0.3 is 0 Å². The molecule has 0 amide bonds. The SMILES string of the molecule is Nc1cccc2cn(CCCF)c(O)c12. The standard InChI is InChI=1S/C11H13FN2O/c12-5-2-6-14-7-8-3-1-4-9(13)10(8)11(14)15/h1,3-4,7,15H,2,5-6,13H2. The van der Waals surface area contributed by atoms with Crippen LogP contribution in [0.3, 0.4) is 0 Å². The molecule has 0 aliphatic rings. The van der Waals surface area contributed by atoms with E-state index in [4.69, 9.17) is 5.73 Å². The Morgan fingerprint density at radius 1 is 1.40 bits per heavy atom. The van der Waals surface area contributed by atoms with E-state index in [0.29, 0.717) is 24.0 Å². The molecule has 1 heterocycles. The fraction of sp³-hybridized carbons (Fsp3) is 0.273. The van der Waals surface area contributed by atoms with Gasteiger partial charge in [0.15, 0.2) is 0 Å². The van der Waals surface area contributed by atoms with Gasteiger partial charge in [-0.15, -0.1) is 0 Å². The van der Waals surface area contributed by atoms with Gasteiger partial charge in [0.05, 0.1) is 12.1 Å². The summed E-state index contributed by atoms with van der Waals surface area (Å²) < 4.78 is 13.7. The van der Waals surface area contributed by atoms with Crippen LogP contribution in [0.1, 0.15) is 6.42 Å². The van der Waals surface area contributed by atoms with Gasteiger partial charge < -0.3 is 15.4 Å². The van der Waals surface area contributed by atoms with Crippen molar-refractivity contribution >= 4 is 16.5 Å². The molecule has 3 N–H and O–H groups in total. The Morgan fingerprint density at radius 3 is 2.87 bits per heavy atom. The molecule has 3 nitrogen and oxygen atoms in total. The maximum Gasteiger partial charge on any atom is 0.201 e. The number of alkyl halides is 1. The topological polar surface area (TPSA) is 51.2 Å². The van der Waals surface area contributed by atoms with Gasteiger partial charge in [-0.3, -0.25) is 4.39 Å². The second kappa shape index (κ2) is 3.81. The molecule has 1 aromatic heterocycles. The van der Waals surface area contributed by atoms with E-state index in [-0.39, 0.29) is 12.6 Å². The van der Waals surface area contributed by atoms with Crippen LogP contribution >= 0.6 is 0 Å². The third-order valence-corrected chi connectivity index (χ3v) is 2.45. The Hall–Kier alpha value is -1.71. The zero-order chi connectivity index (χ0) is 10.8. The maximum atomic E-state index is 12.0. The zero-order valence-electron chi connectivity index (χ0n) is 8.28. The molecule has 0 fully saturated rings. The van der Waals surface area contributed by atoms with Crippen LogP contribution in [-0.4, -0.2) is 16.3 Å². The van der Waals surface area contributed by atoms with E-state index < -0.39 is 0 Å². The van der Waals surface area contributed by atoms with Crippen molar-refractivity contribution in [3.05, 3.63) is 24.4 Å². The summed E-state index contributed by atoms with van der Waals surface area (Å²) in [5.41, 5.74) is 6.30. The summed E-state index contributed by atoms with van der Waals surface area (Å²) in [7, 11) is 0. The Labute approximate surface area is 86.9 Å². The third kappa shape index (κ3) is 1.63. The van der Waals surface area contributed by atoms with Crippen LogP contribution in [0.4, 0.5) is 10.1 Å². The molecule has 15 heavy (non-hydrogen) atoms. The van der Waals surface area contributed by atoms with Crippen LogP contribution in [-0.2, 0) is 6.54 Å².